The van der Waals surface area contributed by atoms with Crippen LogP contribution in [-0.2, 0) is 0 Å². The zero-order chi connectivity index (χ0) is 8.20. The van der Waals surface area contributed by atoms with E-state index >= 15 is 0 Å². The van der Waals surface area contributed by atoms with Gasteiger partial charge in [-0.2, -0.15) is 0 Å². The molecule has 0 fully saturated rings. The Kier molecular flexibility index (Phi) is 3.95. The second-order valence-corrected chi connectivity index (χ2v) is 3.18. The highest BCUT2D eigenvalue weighted by Crippen LogP contribution is 2.24. The first kappa shape index (κ1) is 9.96. The zero-order valence-corrected chi connectivity index (χ0v) is 8.07. The number of hydrogen-bond donors (Lipinski definition) is 0. The topological polar surface area (TPSA) is 3.24 Å². The summed E-state index contributed by atoms with van der Waals surface area (Å²) in [4.78, 5) is 2.35. The maximum Gasteiger partial charge on any atom is 0.0195 e. The molecule has 0 saturated heterocycles. The number of nitrogens with zero attached hydrogens (tertiary/aromatic N) is 1. The van der Waals surface area contributed by atoms with Crippen molar-refractivity contribution in [2.45, 2.75) is 45.6 Å². The normalized spacial score (nSPS) is 12.6. The molecule has 0 atom stereocenters. The Morgan fingerprint density at radius 2 is 1.20 bits per heavy atom. The molecule has 0 bridgehead atoms. The summed E-state index contributed by atoms with van der Waals surface area (Å²) >= 11 is 0. The van der Waals surface area contributed by atoms with Crippen molar-refractivity contribution in [3.8, 4) is 0 Å². The van der Waals surface area contributed by atoms with Crippen molar-refractivity contribution in [2.24, 2.45) is 0 Å². The van der Waals surface area contributed by atoms with Gasteiger partial charge in [0.1, 0.15) is 0 Å². The Balaban J connectivity index is 4.15. The van der Waals surface area contributed by atoms with Gasteiger partial charge in [-0.15, -0.1) is 0 Å². The van der Waals surface area contributed by atoms with E-state index in [1.54, 1.807) is 0 Å². The van der Waals surface area contributed by atoms with Gasteiger partial charge in [0.15, 0.2) is 0 Å². The molecule has 0 aliphatic carbocycles. The van der Waals surface area contributed by atoms with Gasteiger partial charge in [-0.05, 0) is 33.4 Å². The van der Waals surface area contributed by atoms with Crippen LogP contribution in [0.1, 0.15) is 40.0 Å². The molecule has 0 N–H and O–H groups in total. The third-order valence-corrected chi connectivity index (χ3v) is 2.92. The summed E-state index contributed by atoms with van der Waals surface area (Å²) in [5, 5.41) is 0. The highest BCUT2D eigenvalue weighted by atomic mass is 15.1. The fraction of sp³-hybridized carbons (Fsp3) is 1.00. The van der Waals surface area contributed by atoms with Crippen molar-refractivity contribution in [1.29, 1.82) is 0 Å². The second-order valence-electron chi connectivity index (χ2n) is 3.18. The van der Waals surface area contributed by atoms with E-state index in [1.165, 1.54) is 19.3 Å². The maximum atomic E-state index is 2.35. The van der Waals surface area contributed by atoms with E-state index in [-0.39, 0.29) is 0 Å². The number of rotatable bonds is 4. The molecule has 0 rings (SSSR count). The summed E-state index contributed by atoms with van der Waals surface area (Å²) in [5.74, 6) is 0. The Bertz CT molecular complexity index is 74.5. The van der Waals surface area contributed by atoms with Crippen molar-refractivity contribution in [2.75, 3.05) is 14.1 Å². The van der Waals surface area contributed by atoms with Crippen molar-refractivity contribution in [1.82, 2.24) is 4.90 Å². The summed E-state index contributed by atoms with van der Waals surface area (Å²) in [6.07, 6.45) is 3.77. The number of hydrogen-bond acceptors (Lipinski definition) is 1. The van der Waals surface area contributed by atoms with Crippen LogP contribution in [-0.4, -0.2) is 24.5 Å². The summed E-state index contributed by atoms with van der Waals surface area (Å²) in [6.45, 7) is 6.81. The molecular weight excluding hydrogens is 122 g/mol. The van der Waals surface area contributed by atoms with Crippen LogP contribution in [0.15, 0.2) is 0 Å². The first-order chi connectivity index (χ1) is 4.63. The quantitative estimate of drug-likeness (QED) is 0.584. The summed E-state index contributed by atoms with van der Waals surface area (Å²) < 4.78 is 0. The minimum absolute atomic E-state index is 0.458. The molecule has 0 unspecified atom stereocenters. The predicted octanol–water partition coefficient (Wildman–Crippen LogP) is 2.52. The fourth-order valence-corrected chi connectivity index (χ4v) is 1.70. The first-order valence-electron chi connectivity index (χ1n) is 4.30. The average molecular weight is 143 g/mol. The maximum absolute atomic E-state index is 2.35. The van der Waals surface area contributed by atoms with E-state index in [0.717, 1.165) is 0 Å². The van der Waals surface area contributed by atoms with Gasteiger partial charge in [0.2, 0.25) is 0 Å². The molecule has 1 heteroatoms. The minimum atomic E-state index is 0.458. The summed E-state index contributed by atoms with van der Waals surface area (Å²) in [5.41, 5.74) is 0.458. The Hall–Kier alpha value is -0.0400. The van der Waals surface area contributed by atoms with Crippen LogP contribution in [0, 0.1) is 0 Å². The zero-order valence-electron chi connectivity index (χ0n) is 8.07. The van der Waals surface area contributed by atoms with Gasteiger partial charge in [-0.25, -0.2) is 0 Å². The Labute approximate surface area is 65.4 Å². The predicted molar refractivity (Wildman–Crippen MR) is 47.3 cm³/mol. The molecule has 10 heavy (non-hydrogen) atoms. The van der Waals surface area contributed by atoms with Crippen LogP contribution in [0.3, 0.4) is 0 Å². The SMILES string of the molecule is CCC(CC)(CC)N(C)C. The van der Waals surface area contributed by atoms with Gasteiger partial charge in [0, 0.05) is 5.54 Å². The fourth-order valence-electron chi connectivity index (χ4n) is 1.70. The van der Waals surface area contributed by atoms with E-state index in [4.69, 9.17) is 0 Å². The van der Waals surface area contributed by atoms with Crippen molar-refractivity contribution >= 4 is 0 Å². The third-order valence-electron chi connectivity index (χ3n) is 2.92. The van der Waals surface area contributed by atoms with E-state index in [0.29, 0.717) is 5.54 Å². The van der Waals surface area contributed by atoms with Crippen LogP contribution >= 0.6 is 0 Å². The molecule has 0 aliphatic heterocycles. The molecular formula is C9H21N. The van der Waals surface area contributed by atoms with Gasteiger partial charge in [-0.1, -0.05) is 20.8 Å². The lowest BCUT2D eigenvalue weighted by Gasteiger charge is -2.37. The molecule has 0 radical (unpaired) electrons. The van der Waals surface area contributed by atoms with E-state index in [1.807, 2.05) is 0 Å². The van der Waals surface area contributed by atoms with Gasteiger partial charge in [-0.3, -0.25) is 0 Å². The van der Waals surface area contributed by atoms with Crippen LogP contribution in [0.5, 0.6) is 0 Å². The molecule has 0 aromatic rings. The lowest BCUT2D eigenvalue weighted by atomic mass is 9.89. The van der Waals surface area contributed by atoms with Gasteiger partial charge < -0.3 is 4.90 Å². The summed E-state index contributed by atoms with van der Waals surface area (Å²) in [7, 11) is 4.35. The molecule has 0 aromatic heterocycles. The lowest BCUT2D eigenvalue weighted by Crippen LogP contribution is -2.42. The van der Waals surface area contributed by atoms with Crippen LogP contribution < -0.4 is 0 Å². The van der Waals surface area contributed by atoms with E-state index < -0.39 is 0 Å². The van der Waals surface area contributed by atoms with Crippen molar-refractivity contribution in [3.05, 3.63) is 0 Å². The Morgan fingerprint density at radius 3 is 1.20 bits per heavy atom. The molecule has 0 heterocycles. The monoisotopic (exact) mass is 143 g/mol. The van der Waals surface area contributed by atoms with Crippen molar-refractivity contribution < 1.29 is 0 Å². The van der Waals surface area contributed by atoms with Crippen LogP contribution in [0.25, 0.3) is 0 Å². The van der Waals surface area contributed by atoms with Crippen molar-refractivity contribution in [3.63, 3.8) is 0 Å². The Morgan fingerprint density at radius 1 is 0.900 bits per heavy atom. The van der Waals surface area contributed by atoms with Gasteiger partial charge in [0.25, 0.3) is 0 Å². The minimum Gasteiger partial charge on any atom is -0.304 e. The van der Waals surface area contributed by atoms with E-state index in [9.17, 15) is 0 Å². The highest BCUT2D eigenvalue weighted by Gasteiger charge is 2.25. The van der Waals surface area contributed by atoms with Gasteiger partial charge >= 0.3 is 0 Å². The molecule has 0 aromatic carbocycles. The average Bonchev–Trinajstić information content (AvgIpc) is 1.92. The largest absolute Gasteiger partial charge is 0.304 e. The molecule has 0 saturated carbocycles. The van der Waals surface area contributed by atoms with E-state index in [2.05, 4.69) is 39.8 Å². The molecule has 62 valence electrons. The molecule has 0 amide bonds. The molecule has 0 spiro atoms. The summed E-state index contributed by atoms with van der Waals surface area (Å²) in [6, 6.07) is 0. The second kappa shape index (κ2) is 3.97. The lowest BCUT2D eigenvalue weighted by molar-refractivity contribution is 0.133. The smallest absolute Gasteiger partial charge is 0.0195 e. The van der Waals surface area contributed by atoms with Gasteiger partial charge in [0.05, 0.1) is 0 Å². The van der Waals surface area contributed by atoms with Crippen LogP contribution in [0.2, 0.25) is 0 Å². The molecule has 1 nitrogen and oxygen atoms in total. The highest BCUT2D eigenvalue weighted by molar-refractivity contribution is 4.82. The standard InChI is InChI=1S/C9H21N/c1-6-9(7-2,8-3)10(4)5/h6-8H2,1-5H3. The van der Waals surface area contributed by atoms with Crippen LogP contribution in [0.4, 0.5) is 0 Å². The third kappa shape index (κ3) is 1.72. The first-order valence-corrected chi connectivity index (χ1v) is 4.30. The molecule has 0 aliphatic rings.